The molecule has 109 heavy (non-hydrogen) atoms. The van der Waals surface area contributed by atoms with E-state index in [1.807, 2.05) is 104 Å². The summed E-state index contributed by atoms with van der Waals surface area (Å²) in [6.07, 6.45) is 12.0. The van der Waals surface area contributed by atoms with Crippen molar-refractivity contribution >= 4 is 90.1 Å². The number of nitrogens with zero attached hydrogens (tertiary/aromatic N) is 8. The van der Waals surface area contributed by atoms with Gasteiger partial charge in [-0.2, -0.15) is 10.2 Å². The van der Waals surface area contributed by atoms with Gasteiger partial charge in [0.05, 0.1) is 91.7 Å². The number of hydrogen-bond donors (Lipinski definition) is 4. The topological polar surface area (TPSA) is 301 Å². The Labute approximate surface area is 625 Å². The summed E-state index contributed by atoms with van der Waals surface area (Å²) in [5.41, 5.74) is 9.48. The minimum Gasteiger partial charge on any atom is -0.632 e. The zero-order chi connectivity index (χ0) is 76.1. The molecule has 0 aliphatic carbocycles. The standard InChI is InChI=1S/C42H38N6O7.C42H38N6O6/c1-47-35-15-12-28(19-30(35)24-44-47)25-48(52,26-29-7-6-17-43-23-29)18-16-27-10-13-31(14-11-27)45-41(50)33-20-38(53-2)39(54-3)21-34(33)46-42(51)40-22-36(49)32-8-4-5-9-37(32)55-40;1-47-35-15-12-28(19-30(35)24-44-47)25-48(26-29-7-6-17-43-23-29)18-16-27-10-13-31(14-11-27)45-41(50)33-20-38(52-2)39(53-3)21-34(33)46-42(51)40-22-36(49)32-8-4-5-9-37(32)54-40/h4-15,17,19-24H,16,18,25-26H2,1-3H3,(H,45,50)(H,46,51);4-15,17,19-24H,16,18,25-26H2,1-3H3,(H,45,50)(H,46,51). The molecular formula is C84H76N12O13. The van der Waals surface area contributed by atoms with Crippen LogP contribution in [0.4, 0.5) is 22.7 Å². The fourth-order valence-corrected chi connectivity index (χ4v) is 12.9. The first-order valence-corrected chi connectivity index (χ1v) is 34.8. The van der Waals surface area contributed by atoms with E-state index in [1.54, 1.807) is 90.1 Å². The lowest BCUT2D eigenvalue weighted by Crippen LogP contribution is -2.42. The van der Waals surface area contributed by atoms with Crippen LogP contribution in [0.3, 0.4) is 0 Å². The van der Waals surface area contributed by atoms with Crippen molar-refractivity contribution in [3.63, 3.8) is 0 Å². The van der Waals surface area contributed by atoms with Crippen molar-refractivity contribution in [2.45, 2.75) is 39.0 Å². The van der Waals surface area contributed by atoms with Crippen LogP contribution in [0.5, 0.6) is 23.0 Å². The molecule has 0 radical (unpaired) electrons. The summed E-state index contributed by atoms with van der Waals surface area (Å²) in [4.78, 5) is 90.4. The Morgan fingerprint density at radius 3 is 1.37 bits per heavy atom. The summed E-state index contributed by atoms with van der Waals surface area (Å²) >= 11 is 0. The van der Waals surface area contributed by atoms with Crippen molar-refractivity contribution in [3.05, 3.63) is 313 Å². The number of nitrogens with one attached hydrogen (secondary N) is 4. The molecule has 6 aromatic heterocycles. The molecule has 4 amide bonds. The number of aromatic nitrogens is 6. The predicted molar refractivity (Wildman–Crippen MR) is 416 cm³/mol. The zero-order valence-corrected chi connectivity index (χ0v) is 60.5. The second-order valence-corrected chi connectivity index (χ2v) is 26.0. The van der Waals surface area contributed by atoms with Crippen molar-refractivity contribution in [3.8, 4) is 23.0 Å². The molecule has 0 aliphatic rings. The third-order valence-electron chi connectivity index (χ3n) is 18.5. The molecule has 4 N–H and O–H groups in total. The van der Waals surface area contributed by atoms with Crippen molar-refractivity contribution < 1.29 is 51.6 Å². The highest BCUT2D eigenvalue weighted by Gasteiger charge is 2.26. The van der Waals surface area contributed by atoms with E-state index >= 15 is 0 Å². The average Bonchev–Trinajstić information content (AvgIpc) is 1.46. The second kappa shape index (κ2) is 33.2. The fourth-order valence-electron chi connectivity index (χ4n) is 12.9. The molecule has 1 unspecified atom stereocenters. The molecular weight excluding hydrogens is 1380 g/mol. The number of hydrogen-bond acceptors (Lipinski definition) is 18. The van der Waals surface area contributed by atoms with Crippen LogP contribution in [0.1, 0.15) is 75.2 Å². The van der Waals surface area contributed by atoms with Crippen LogP contribution in [0.2, 0.25) is 0 Å². The third kappa shape index (κ3) is 17.7. The number of benzene rings is 8. The van der Waals surface area contributed by atoms with E-state index in [2.05, 4.69) is 70.6 Å². The van der Waals surface area contributed by atoms with Crippen LogP contribution in [0, 0.1) is 5.21 Å². The Balaban J connectivity index is 0.000000192. The van der Waals surface area contributed by atoms with Crippen LogP contribution in [0.15, 0.2) is 250 Å². The molecule has 0 bridgehead atoms. The number of aryl methyl sites for hydroxylation is 2. The minimum absolute atomic E-state index is 0.0755. The number of anilines is 4. The summed E-state index contributed by atoms with van der Waals surface area (Å²) < 4.78 is 36.4. The number of ether oxygens (including phenoxy) is 4. The normalized spacial score (nSPS) is 11.7. The number of quaternary nitrogens is 1. The van der Waals surface area contributed by atoms with E-state index in [0.717, 1.165) is 87.8 Å². The van der Waals surface area contributed by atoms with Gasteiger partial charge in [-0.15, -0.1) is 0 Å². The summed E-state index contributed by atoms with van der Waals surface area (Å²) in [6, 6.07) is 56.5. The van der Waals surface area contributed by atoms with Gasteiger partial charge in [0, 0.05) is 122 Å². The fraction of sp³-hybridized carbons (Fsp3) is 0.167. The number of methoxy groups -OCH3 is 4. The smallest absolute Gasteiger partial charge is 0.291 e. The van der Waals surface area contributed by atoms with Crippen molar-refractivity contribution in [2.75, 3.05) is 62.8 Å². The van der Waals surface area contributed by atoms with Crippen LogP contribution in [-0.4, -0.2) is 104 Å². The quantitative estimate of drug-likeness (QED) is 0.0289. The van der Waals surface area contributed by atoms with Gasteiger partial charge in [0.1, 0.15) is 24.3 Å². The van der Waals surface area contributed by atoms with E-state index in [-0.39, 0.29) is 80.6 Å². The van der Waals surface area contributed by atoms with E-state index in [1.165, 1.54) is 58.3 Å². The van der Waals surface area contributed by atoms with Gasteiger partial charge in [0.15, 0.2) is 45.4 Å². The summed E-state index contributed by atoms with van der Waals surface area (Å²) in [6.45, 7) is 3.11. The lowest BCUT2D eigenvalue weighted by molar-refractivity contribution is -0.907. The SMILES string of the molecule is COc1cc(NC(=O)c2cc(=O)c3ccccc3o2)c(C(=O)Nc2ccc(CCN(Cc3cccnc3)Cc3ccc4c(cnn4C)c3)cc2)cc1OC.COc1cc(NC(=O)c2cc(=O)c3ccccc3o2)c(C(=O)Nc2ccc(CC[N+]([O-])(Cc3cccnc3)Cc3ccc4c(cnn4C)c3)cc2)cc1OC. The largest absolute Gasteiger partial charge is 0.632 e. The molecule has 6 heterocycles. The number of rotatable bonds is 26. The van der Waals surface area contributed by atoms with Crippen molar-refractivity contribution in [1.82, 2.24) is 34.4 Å². The maximum Gasteiger partial charge on any atom is 0.291 e. The van der Waals surface area contributed by atoms with E-state index in [4.69, 9.17) is 27.8 Å². The zero-order valence-electron chi connectivity index (χ0n) is 60.5. The predicted octanol–water partition coefficient (Wildman–Crippen LogP) is 13.7. The average molecular weight is 1460 g/mol. The number of para-hydroxylation sites is 2. The van der Waals surface area contributed by atoms with Crippen LogP contribution in [-0.2, 0) is 53.1 Å². The molecule has 8 aromatic carbocycles. The van der Waals surface area contributed by atoms with Gasteiger partial charge < -0.3 is 58.9 Å². The molecule has 550 valence electrons. The van der Waals surface area contributed by atoms with Crippen LogP contribution < -0.4 is 51.1 Å². The molecule has 14 aromatic rings. The number of amides is 4. The summed E-state index contributed by atoms with van der Waals surface area (Å²) in [7, 11) is 9.61. The van der Waals surface area contributed by atoms with Gasteiger partial charge >= 0.3 is 0 Å². The van der Waals surface area contributed by atoms with Crippen LogP contribution in [0.25, 0.3) is 43.7 Å². The van der Waals surface area contributed by atoms with Crippen LogP contribution >= 0.6 is 0 Å². The Hall–Kier alpha value is -13.6. The molecule has 0 saturated carbocycles. The number of carbonyl (C=O) groups is 4. The molecule has 25 nitrogen and oxygen atoms in total. The molecule has 0 aliphatic heterocycles. The summed E-state index contributed by atoms with van der Waals surface area (Å²) in [5, 5.41) is 37.1. The van der Waals surface area contributed by atoms with E-state index in [0.29, 0.717) is 46.6 Å². The number of hydroxylamine groups is 3. The lowest BCUT2D eigenvalue weighted by atomic mass is 10.1. The van der Waals surface area contributed by atoms with Gasteiger partial charge in [0.25, 0.3) is 23.6 Å². The third-order valence-corrected chi connectivity index (χ3v) is 18.5. The maximum absolute atomic E-state index is 14.5. The highest BCUT2D eigenvalue weighted by molar-refractivity contribution is 6.14. The molecule has 0 fully saturated rings. The van der Waals surface area contributed by atoms with E-state index in [9.17, 15) is 34.0 Å². The first kappa shape index (κ1) is 73.7. The Morgan fingerprint density at radius 2 is 0.881 bits per heavy atom. The van der Waals surface area contributed by atoms with Crippen molar-refractivity contribution in [1.29, 1.82) is 0 Å². The molecule has 1 atom stereocenters. The van der Waals surface area contributed by atoms with Gasteiger partial charge in [0.2, 0.25) is 0 Å². The molecule has 25 heteroatoms. The van der Waals surface area contributed by atoms with Gasteiger partial charge in [-0.1, -0.05) is 72.8 Å². The first-order valence-electron chi connectivity index (χ1n) is 34.8. The van der Waals surface area contributed by atoms with Gasteiger partial charge in [-0.3, -0.25) is 53.0 Å². The number of fused-ring (bicyclic) bond motifs is 4. The van der Waals surface area contributed by atoms with E-state index < -0.39 is 28.3 Å². The second-order valence-electron chi connectivity index (χ2n) is 26.0. The lowest BCUT2D eigenvalue weighted by Gasteiger charge is -2.43. The highest BCUT2D eigenvalue weighted by atomic mass is 16.5. The Morgan fingerprint density at radius 1 is 0.450 bits per heavy atom. The van der Waals surface area contributed by atoms with Crippen molar-refractivity contribution in [2.24, 2.45) is 14.1 Å². The summed E-state index contributed by atoms with van der Waals surface area (Å²) in [5.74, 6) is -1.78. The Kier molecular flexibility index (Phi) is 22.5. The molecule has 14 rings (SSSR count). The monoisotopic (exact) mass is 1460 g/mol. The maximum atomic E-state index is 14.5. The number of carbonyl (C=O) groups excluding carboxylic acids is 4. The van der Waals surface area contributed by atoms with Gasteiger partial charge in [-0.25, -0.2) is 0 Å². The molecule has 0 saturated heterocycles. The number of pyridine rings is 2. The highest BCUT2D eigenvalue weighted by Crippen LogP contribution is 2.37. The van der Waals surface area contributed by atoms with Gasteiger partial charge in [-0.05, 0) is 126 Å². The Bertz CT molecular complexity index is 5790. The minimum atomic E-state index is -0.734. The first-order chi connectivity index (χ1) is 52.9. The molecule has 0 spiro atoms.